The largest absolute Gasteiger partial charge is 0.493 e. The number of aromatic nitrogens is 1. The lowest BCUT2D eigenvalue weighted by Crippen LogP contribution is -2.22. The fourth-order valence-corrected chi connectivity index (χ4v) is 4.37. The predicted molar refractivity (Wildman–Crippen MR) is 138 cm³/mol. The SMILES string of the molecule is COc1cc2c(=O)c(C(=O)c3ccccc3)c(-c3ccccc3)n(-c3ccccc3)c2cc1OC. The van der Waals surface area contributed by atoms with Crippen LogP contribution in [0.4, 0.5) is 0 Å². The van der Waals surface area contributed by atoms with E-state index in [2.05, 4.69) is 0 Å². The first-order valence-electron chi connectivity index (χ1n) is 11.2. The molecule has 4 aromatic carbocycles. The average molecular weight is 462 g/mol. The summed E-state index contributed by atoms with van der Waals surface area (Å²) in [4.78, 5) is 28.0. The highest BCUT2D eigenvalue weighted by Crippen LogP contribution is 2.36. The quantitative estimate of drug-likeness (QED) is 0.295. The van der Waals surface area contributed by atoms with Crippen LogP contribution in [0.1, 0.15) is 15.9 Å². The van der Waals surface area contributed by atoms with Crippen LogP contribution in [0.2, 0.25) is 0 Å². The van der Waals surface area contributed by atoms with Crippen LogP contribution in [0.5, 0.6) is 11.5 Å². The molecule has 0 saturated carbocycles. The summed E-state index contributed by atoms with van der Waals surface area (Å²) in [5, 5.41) is 0.366. The Hall–Kier alpha value is -4.64. The first kappa shape index (κ1) is 22.2. The van der Waals surface area contributed by atoms with Crippen molar-refractivity contribution in [2.24, 2.45) is 0 Å². The topological polar surface area (TPSA) is 57.5 Å². The van der Waals surface area contributed by atoms with Crippen LogP contribution in [0.25, 0.3) is 27.8 Å². The van der Waals surface area contributed by atoms with Gasteiger partial charge in [-0.1, -0.05) is 78.9 Å². The normalized spacial score (nSPS) is 10.8. The molecule has 1 heterocycles. The van der Waals surface area contributed by atoms with Gasteiger partial charge in [-0.2, -0.15) is 0 Å². The molecule has 0 aliphatic rings. The van der Waals surface area contributed by atoms with Gasteiger partial charge in [0, 0.05) is 17.3 Å². The molecule has 0 saturated heterocycles. The maximum atomic E-state index is 14.1. The van der Waals surface area contributed by atoms with Crippen molar-refractivity contribution in [2.45, 2.75) is 0 Å². The van der Waals surface area contributed by atoms with E-state index in [9.17, 15) is 9.59 Å². The summed E-state index contributed by atoms with van der Waals surface area (Å²) < 4.78 is 13.0. The summed E-state index contributed by atoms with van der Waals surface area (Å²) in [5.74, 6) is 0.573. The van der Waals surface area contributed by atoms with E-state index in [-0.39, 0.29) is 16.8 Å². The smallest absolute Gasteiger partial charge is 0.201 e. The van der Waals surface area contributed by atoms with Gasteiger partial charge in [0.15, 0.2) is 17.3 Å². The second-order valence-electron chi connectivity index (χ2n) is 8.01. The molecule has 0 atom stereocenters. The van der Waals surface area contributed by atoms with E-state index in [0.717, 1.165) is 11.3 Å². The van der Waals surface area contributed by atoms with Gasteiger partial charge < -0.3 is 14.0 Å². The van der Waals surface area contributed by atoms with E-state index >= 15 is 0 Å². The van der Waals surface area contributed by atoms with E-state index in [0.29, 0.717) is 33.7 Å². The van der Waals surface area contributed by atoms with Crippen LogP contribution in [-0.4, -0.2) is 24.6 Å². The number of nitrogens with zero attached hydrogens (tertiary/aromatic N) is 1. The molecular weight excluding hydrogens is 438 g/mol. The third-order valence-electron chi connectivity index (χ3n) is 6.00. The first-order chi connectivity index (χ1) is 17.1. The second-order valence-corrected chi connectivity index (χ2v) is 8.01. The lowest BCUT2D eigenvalue weighted by molar-refractivity contribution is 0.103. The fourth-order valence-electron chi connectivity index (χ4n) is 4.37. The number of ketones is 1. The number of para-hydroxylation sites is 1. The molecule has 0 unspecified atom stereocenters. The molecule has 0 aliphatic carbocycles. The van der Waals surface area contributed by atoms with Crippen molar-refractivity contribution in [3.05, 3.63) is 124 Å². The van der Waals surface area contributed by atoms with Crippen molar-refractivity contribution >= 4 is 16.7 Å². The van der Waals surface area contributed by atoms with Gasteiger partial charge in [0.2, 0.25) is 5.43 Å². The van der Waals surface area contributed by atoms with Gasteiger partial charge in [-0.05, 0) is 23.8 Å². The maximum absolute atomic E-state index is 14.1. The lowest BCUT2D eigenvalue weighted by Gasteiger charge is -2.22. The van der Waals surface area contributed by atoms with E-state index in [1.165, 1.54) is 7.11 Å². The monoisotopic (exact) mass is 461 g/mol. The zero-order valence-electron chi connectivity index (χ0n) is 19.4. The Balaban J connectivity index is 2.01. The Labute approximate surface area is 202 Å². The van der Waals surface area contributed by atoms with Gasteiger partial charge >= 0.3 is 0 Å². The Bertz CT molecular complexity index is 1570. The maximum Gasteiger partial charge on any atom is 0.201 e. The van der Waals surface area contributed by atoms with E-state index < -0.39 is 0 Å². The number of benzene rings is 4. The van der Waals surface area contributed by atoms with Crippen molar-refractivity contribution in [1.82, 2.24) is 4.57 Å². The van der Waals surface area contributed by atoms with Crippen LogP contribution in [-0.2, 0) is 0 Å². The Kier molecular flexibility index (Phi) is 5.90. The van der Waals surface area contributed by atoms with Gasteiger partial charge in [0.1, 0.15) is 0 Å². The van der Waals surface area contributed by atoms with Crippen molar-refractivity contribution in [3.8, 4) is 28.4 Å². The molecule has 5 nitrogen and oxygen atoms in total. The highest BCUT2D eigenvalue weighted by molar-refractivity contribution is 6.14. The Morgan fingerprint density at radius 1 is 0.714 bits per heavy atom. The molecule has 0 amide bonds. The molecule has 5 heteroatoms. The summed E-state index contributed by atoms with van der Waals surface area (Å²) in [7, 11) is 3.08. The summed E-state index contributed by atoms with van der Waals surface area (Å²) in [6.45, 7) is 0. The number of fused-ring (bicyclic) bond motifs is 1. The van der Waals surface area contributed by atoms with E-state index in [1.807, 2.05) is 71.3 Å². The molecule has 35 heavy (non-hydrogen) atoms. The molecule has 0 aliphatic heterocycles. The average Bonchev–Trinajstić information content (AvgIpc) is 2.93. The van der Waals surface area contributed by atoms with Gasteiger partial charge in [-0.3, -0.25) is 9.59 Å². The third kappa shape index (κ3) is 3.87. The highest BCUT2D eigenvalue weighted by Gasteiger charge is 2.26. The Morgan fingerprint density at radius 2 is 1.26 bits per heavy atom. The number of carbonyl (C=O) groups is 1. The van der Waals surface area contributed by atoms with Crippen LogP contribution in [0.15, 0.2) is 108 Å². The van der Waals surface area contributed by atoms with Gasteiger partial charge in [0.25, 0.3) is 0 Å². The standard InChI is InChI=1S/C30H23NO4/c1-34-25-18-23-24(19-26(25)35-2)31(22-16-10-5-11-17-22)28(20-12-6-3-7-13-20)27(30(23)33)29(32)21-14-8-4-9-15-21/h3-19H,1-2H3. The van der Waals surface area contributed by atoms with Crippen molar-refractivity contribution in [1.29, 1.82) is 0 Å². The third-order valence-corrected chi connectivity index (χ3v) is 6.00. The minimum absolute atomic E-state index is 0.103. The van der Waals surface area contributed by atoms with Crippen molar-refractivity contribution in [2.75, 3.05) is 14.2 Å². The summed E-state index contributed by atoms with van der Waals surface area (Å²) in [6.07, 6.45) is 0. The molecule has 0 radical (unpaired) electrons. The lowest BCUT2D eigenvalue weighted by atomic mass is 9.94. The molecule has 5 rings (SSSR count). The summed E-state index contributed by atoms with van der Waals surface area (Å²) in [5.41, 5.74) is 2.89. The summed E-state index contributed by atoms with van der Waals surface area (Å²) in [6, 6.07) is 31.5. The first-order valence-corrected chi connectivity index (χ1v) is 11.2. The number of hydrogen-bond donors (Lipinski definition) is 0. The molecule has 0 spiro atoms. The number of carbonyl (C=O) groups excluding carboxylic acids is 1. The predicted octanol–water partition coefficient (Wildman–Crippen LogP) is 5.91. The molecular formula is C30H23NO4. The van der Waals surface area contributed by atoms with Crippen LogP contribution in [0.3, 0.4) is 0 Å². The zero-order valence-corrected chi connectivity index (χ0v) is 19.4. The van der Waals surface area contributed by atoms with Gasteiger partial charge in [-0.15, -0.1) is 0 Å². The van der Waals surface area contributed by atoms with E-state index in [4.69, 9.17) is 9.47 Å². The number of ether oxygens (including phenoxy) is 2. The fraction of sp³-hybridized carbons (Fsp3) is 0.0667. The highest BCUT2D eigenvalue weighted by atomic mass is 16.5. The second kappa shape index (κ2) is 9.31. The zero-order chi connectivity index (χ0) is 24.4. The number of methoxy groups -OCH3 is 2. The van der Waals surface area contributed by atoms with Crippen molar-refractivity contribution < 1.29 is 14.3 Å². The molecule has 172 valence electrons. The Morgan fingerprint density at radius 3 is 1.86 bits per heavy atom. The molecule has 1 aromatic heterocycles. The van der Waals surface area contributed by atoms with Crippen LogP contribution in [0, 0.1) is 0 Å². The number of hydrogen-bond acceptors (Lipinski definition) is 4. The van der Waals surface area contributed by atoms with Gasteiger partial charge in [-0.25, -0.2) is 0 Å². The number of pyridine rings is 1. The van der Waals surface area contributed by atoms with E-state index in [1.54, 1.807) is 43.5 Å². The van der Waals surface area contributed by atoms with Crippen molar-refractivity contribution in [3.63, 3.8) is 0 Å². The van der Waals surface area contributed by atoms with Crippen LogP contribution >= 0.6 is 0 Å². The summed E-state index contributed by atoms with van der Waals surface area (Å²) >= 11 is 0. The molecule has 0 bridgehead atoms. The number of rotatable bonds is 6. The minimum atomic E-state index is -0.360. The van der Waals surface area contributed by atoms with Gasteiger partial charge in [0.05, 0.1) is 36.4 Å². The molecule has 0 fully saturated rings. The minimum Gasteiger partial charge on any atom is -0.493 e. The molecule has 0 N–H and O–H groups in total. The van der Waals surface area contributed by atoms with Crippen LogP contribution < -0.4 is 14.9 Å². The molecule has 5 aromatic rings.